The number of hydrogen-bond donors (Lipinski definition) is 0. The maximum absolute atomic E-state index is 12.8. The highest BCUT2D eigenvalue weighted by Crippen LogP contribution is 2.26. The van der Waals surface area contributed by atoms with Crippen LogP contribution < -0.4 is 4.74 Å². The number of para-hydroxylation sites is 1. The van der Waals surface area contributed by atoms with Crippen LogP contribution in [0.25, 0.3) is 5.69 Å². The normalized spacial score (nSPS) is 13.0. The molecule has 0 bridgehead atoms. The van der Waals surface area contributed by atoms with Crippen LogP contribution in [0.2, 0.25) is 0 Å². The highest BCUT2D eigenvalue weighted by molar-refractivity contribution is 6.21. The van der Waals surface area contributed by atoms with Crippen molar-refractivity contribution in [2.24, 2.45) is 5.92 Å². The Morgan fingerprint density at radius 3 is 2.17 bits per heavy atom. The van der Waals surface area contributed by atoms with E-state index in [2.05, 4.69) is 5.10 Å². The molecular formula is C22H19N3O5. The highest BCUT2D eigenvalue weighted by atomic mass is 16.7. The molecule has 30 heavy (non-hydrogen) atoms. The summed E-state index contributed by atoms with van der Waals surface area (Å²) < 4.78 is 7.21. The number of amides is 2. The summed E-state index contributed by atoms with van der Waals surface area (Å²) in [6.07, 6.45) is 1.57. The molecule has 2 heterocycles. The van der Waals surface area contributed by atoms with E-state index in [1.54, 1.807) is 18.3 Å². The number of benzene rings is 2. The lowest BCUT2D eigenvalue weighted by molar-refractivity contribution is -0.0590. The molecule has 0 unspecified atom stereocenters. The SMILES string of the molecule is CC(C)COc1cn(-c2ccccc2)nc1C(=O)ON1C(=O)c2ccccc2C1=O. The smallest absolute Gasteiger partial charge is 0.387 e. The van der Waals surface area contributed by atoms with Crippen molar-refractivity contribution in [1.29, 1.82) is 0 Å². The molecule has 8 nitrogen and oxygen atoms in total. The van der Waals surface area contributed by atoms with Crippen molar-refractivity contribution in [3.05, 3.63) is 77.6 Å². The van der Waals surface area contributed by atoms with Gasteiger partial charge in [0.1, 0.15) is 0 Å². The van der Waals surface area contributed by atoms with Crippen LogP contribution in [0.3, 0.4) is 0 Å². The van der Waals surface area contributed by atoms with Gasteiger partial charge in [-0.3, -0.25) is 9.59 Å². The van der Waals surface area contributed by atoms with Gasteiger partial charge >= 0.3 is 5.97 Å². The van der Waals surface area contributed by atoms with E-state index in [1.165, 1.54) is 16.8 Å². The molecule has 0 aliphatic carbocycles. The van der Waals surface area contributed by atoms with Gasteiger partial charge in [0.2, 0.25) is 5.69 Å². The number of imide groups is 1. The molecule has 2 aromatic carbocycles. The molecule has 2 amide bonds. The Morgan fingerprint density at radius 1 is 0.967 bits per heavy atom. The number of fused-ring (bicyclic) bond motifs is 1. The first-order valence-electron chi connectivity index (χ1n) is 9.43. The second kappa shape index (κ2) is 7.82. The van der Waals surface area contributed by atoms with Crippen molar-refractivity contribution in [3.8, 4) is 11.4 Å². The molecule has 4 rings (SSSR count). The zero-order valence-electron chi connectivity index (χ0n) is 16.4. The third-order valence-electron chi connectivity index (χ3n) is 4.40. The van der Waals surface area contributed by atoms with E-state index in [-0.39, 0.29) is 28.5 Å². The first-order chi connectivity index (χ1) is 14.5. The van der Waals surface area contributed by atoms with Crippen molar-refractivity contribution >= 4 is 17.8 Å². The second-order valence-electron chi connectivity index (χ2n) is 7.16. The number of aromatic nitrogens is 2. The standard InChI is InChI=1S/C22H19N3O5/c1-14(2)13-29-18-12-24(15-8-4-3-5-9-15)23-19(18)22(28)30-25-20(26)16-10-6-7-11-17(16)21(25)27/h3-12,14H,13H2,1-2H3. The molecule has 0 spiro atoms. The second-order valence-corrected chi connectivity index (χ2v) is 7.16. The molecule has 0 saturated heterocycles. The van der Waals surface area contributed by atoms with Crippen LogP contribution in [-0.4, -0.2) is 39.2 Å². The summed E-state index contributed by atoms with van der Waals surface area (Å²) in [5, 5.41) is 4.73. The molecule has 0 fully saturated rings. The van der Waals surface area contributed by atoms with E-state index in [0.717, 1.165) is 0 Å². The van der Waals surface area contributed by atoms with Crippen LogP contribution in [0.1, 0.15) is 45.1 Å². The molecule has 0 saturated carbocycles. The van der Waals surface area contributed by atoms with Crippen LogP contribution in [-0.2, 0) is 4.84 Å². The minimum absolute atomic E-state index is 0.129. The van der Waals surface area contributed by atoms with Crippen LogP contribution >= 0.6 is 0 Å². The van der Waals surface area contributed by atoms with Crippen LogP contribution in [0.4, 0.5) is 0 Å². The fourth-order valence-electron chi connectivity index (χ4n) is 2.95. The first kappa shape index (κ1) is 19.4. The van der Waals surface area contributed by atoms with Gasteiger partial charge in [-0.15, -0.1) is 0 Å². The Labute approximate surface area is 172 Å². The lowest BCUT2D eigenvalue weighted by atomic mass is 10.1. The maximum Gasteiger partial charge on any atom is 0.387 e. The van der Waals surface area contributed by atoms with E-state index in [4.69, 9.17) is 9.57 Å². The Morgan fingerprint density at radius 2 is 1.57 bits per heavy atom. The number of carbonyl (C=O) groups is 3. The first-order valence-corrected chi connectivity index (χ1v) is 9.43. The fourth-order valence-corrected chi connectivity index (χ4v) is 2.95. The van der Waals surface area contributed by atoms with Crippen molar-refractivity contribution in [2.45, 2.75) is 13.8 Å². The van der Waals surface area contributed by atoms with E-state index >= 15 is 0 Å². The van der Waals surface area contributed by atoms with E-state index in [0.29, 0.717) is 17.4 Å². The Hall–Kier alpha value is -3.94. The average molecular weight is 405 g/mol. The van der Waals surface area contributed by atoms with Crippen LogP contribution in [0, 0.1) is 5.92 Å². The predicted octanol–water partition coefficient (Wildman–Crippen LogP) is 3.28. The number of nitrogens with zero attached hydrogens (tertiary/aromatic N) is 3. The summed E-state index contributed by atoms with van der Waals surface area (Å²) in [5.41, 5.74) is 0.950. The Bertz CT molecular complexity index is 1090. The summed E-state index contributed by atoms with van der Waals surface area (Å²) >= 11 is 0. The summed E-state index contributed by atoms with van der Waals surface area (Å²) in [7, 11) is 0. The number of carbonyl (C=O) groups excluding carboxylic acids is 3. The molecule has 3 aromatic rings. The minimum atomic E-state index is -0.960. The molecule has 0 radical (unpaired) electrons. The fraction of sp³-hybridized carbons (Fsp3) is 0.182. The molecule has 0 N–H and O–H groups in total. The van der Waals surface area contributed by atoms with E-state index in [9.17, 15) is 14.4 Å². The van der Waals surface area contributed by atoms with Gasteiger partial charge in [0, 0.05) is 0 Å². The Kier molecular flexibility index (Phi) is 5.05. The van der Waals surface area contributed by atoms with Gasteiger partial charge in [-0.1, -0.05) is 49.2 Å². The lowest BCUT2D eigenvalue weighted by Crippen LogP contribution is -2.33. The van der Waals surface area contributed by atoms with Crippen molar-refractivity contribution in [1.82, 2.24) is 14.8 Å². The molecule has 1 aliphatic rings. The summed E-state index contributed by atoms with van der Waals surface area (Å²) in [6, 6.07) is 15.4. The molecule has 1 aromatic heterocycles. The molecule has 1 aliphatic heterocycles. The van der Waals surface area contributed by atoms with E-state index in [1.807, 2.05) is 44.2 Å². The topological polar surface area (TPSA) is 90.7 Å². The van der Waals surface area contributed by atoms with E-state index < -0.39 is 17.8 Å². The summed E-state index contributed by atoms with van der Waals surface area (Å²) in [5.74, 6) is -1.94. The van der Waals surface area contributed by atoms with Gasteiger partial charge in [-0.25, -0.2) is 9.48 Å². The average Bonchev–Trinajstić information content (AvgIpc) is 3.29. The predicted molar refractivity (Wildman–Crippen MR) is 106 cm³/mol. The zero-order valence-corrected chi connectivity index (χ0v) is 16.4. The van der Waals surface area contributed by atoms with Crippen molar-refractivity contribution < 1.29 is 24.0 Å². The number of rotatable bonds is 6. The summed E-state index contributed by atoms with van der Waals surface area (Å²) in [4.78, 5) is 42.9. The van der Waals surface area contributed by atoms with Gasteiger partial charge in [0.05, 0.1) is 29.6 Å². The third kappa shape index (κ3) is 3.55. The van der Waals surface area contributed by atoms with Gasteiger partial charge in [-0.2, -0.15) is 5.10 Å². The van der Waals surface area contributed by atoms with Gasteiger partial charge in [0.15, 0.2) is 5.75 Å². The zero-order chi connectivity index (χ0) is 21.3. The monoisotopic (exact) mass is 405 g/mol. The lowest BCUT2D eigenvalue weighted by Gasteiger charge is -2.12. The molecular weight excluding hydrogens is 386 g/mol. The maximum atomic E-state index is 12.8. The van der Waals surface area contributed by atoms with Crippen molar-refractivity contribution in [3.63, 3.8) is 0 Å². The number of hydroxylamine groups is 2. The summed E-state index contributed by atoms with van der Waals surface area (Å²) in [6.45, 7) is 4.30. The van der Waals surface area contributed by atoms with Crippen LogP contribution in [0.15, 0.2) is 60.8 Å². The number of ether oxygens (including phenoxy) is 1. The quantitative estimate of drug-likeness (QED) is 0.585. The molecule has 0 atom stereocenters. The minimum Gasteiger partial charge on any atom is -0.489 e. The molecule has 152 valence electrons. The van der Waals surface area contributed by atoms with Crippen molar-refractivity contribution in [2.75, 3.05) is 6.61 Å². The molecule has 8 heteroatoms. The van der Waals surface area contributed by atoms with Gasteiger partial charge in [-0.05, 0) is 30.2 Å². The highest BCUT2D eigenvalue weighted by Gasteiger charge is 2.39. The van der Waals surface area contributed by atoms with Gasteiger partial charge in [0.25, 0.3) is 11.8 Å². The largest absolute Gasteiger partial charge is 0.489 e. The van der Waals surface area contributed by atoms with Gasteiger partial charge < -0.3 is 9.57 Å². The Balaban J connectivity index is 1.62. The third-order valence-corrected chi connectivity index (χ3v) is 4.40. The number of hydrogen-bond acceptors (Lipinski definition) is 6. The van der Waals surface area contributed by atoms with Crippen LogP contribution in [0.5, 0.6) is 5.75 Å².